The van der Waals surface area contributed by atoms with Gasteiger partial charge in [-0.3, -0.25) is 4.79 Å². The number of nitrogens with zero attached hydrogens (tertiary/aromatic N) is 1. The van der Waals surface area contributed by atoms with Gasteiger partial charge in [-0.15, -0.1) is 0 Å². The highest BCUT2D eigenvalue weighted by Gasteiger charge is 2.36. The van der Waals surface area contributed by atoms with Gasteiger partial charge in [0.2, 0.25) is 5.91 Å². The first kappa shape index (κ1) is 18.3. The predicted octanol–water partition coefficient (Wildman–Crippen LogP) is 2.99. The summed E-state index contributed by atoms with van der Waals surface area (Å²) in [5.74, 6) is 0.139. The molecule has 2 rings (SSSR count). The van der Waals surface area contributed by atoms with Crippen molar-refractivity contribution >= 4 is 12.0 Å². The van der Waals surface area contributed by atoms with Crippen molar-refractivity contribution in [3.63, 3.8) is 0 Å². The fraction of sp³-hybridized carbons (Fsp3) is 0.579. The number of amides is 2. The van der Waals surface area contributed by atoms with E-state index >= 15 is 0 Å². The molecule has 1 aromatic carbocycles. The van der Waals surface area contributed by atoms with Crippen molar-refractivity contribution < 1.29 is 14.3 Å². The van der Waals surface area contributed by atoms with Crippen LogP contribution >= 0.6 is 0 Å². The molecule has 0 spiro atoms. The van der Waals surface area contributed by atoms with Crippen molar-refractivity contribution in [1.82, 2.24) is 10.2 Å². The molecular formula is C19H28N2O3. The Hall–Kier alpha value is -2.04. The highest BCUT2D eigenvalue weighted by Crippen LogP contribution is 2.28. The topological polar surface area (TPSA) is 58.6 Å². The summed E-state index contributed by atoms with van der Waals surface area (Å²) in [6.45, 7) is 5.94. The zero-order valence-electron chi connectivity index (χ0n) is 15.0. The summed E-state index contributed by atoms with van der Waals surface area (Å²) < 4.78 is 5.21. The molecule has 0 aromatic heterocycles. The summed E-state index contributed by atoms with van der Waals surface area (Å²) in [7, 11) is 1.87. The molecule has 0 bridgehead atoms. The van der Waals surface area contributed by atoms with Crippen LogP contribution in [0.4, 0.5) is 4.79 Å². The normalized spacial score (nSPS) is 21.0. The molecule has 2 amide bonds. The first-order valence-corrected chi connectivity index (χ1v) is 8.53. The number of likely N-dealkylation sites (tertiary alicyclic amines) is 1. The van der Waals surface area contributed by atoms with Gasteiger partial charge in [-0.1, -0.05) is 30.3 Å². The van der Waals surface area contributed by atoms with E-state index in [9.17, 15) is 9.59 Å². The highest BCUT2D eigenvalue weighted by molar-refractivity contribution is 5.81. The van der Waals surface area contributed by atoms with Gasteiger partial charge in [-0.25, -0.2) is 4.79 Å². The summed E-state index contributed by atoms with van der Waals surface area (Å²) >= 11 is 0. The molecule has 0 radical (unpaired) electrons. The average molecular weight is 332 g/mol. The van der Waals surface area contributed by atoms with Crippen molar-refractivity contribution in [1.29, 1.82) is 0 Å². The Bertz CT molecular complexity index is 566. The maximum Gasteiger partial charge on any atom is 0.407 e. The van der Waals surface area contributed by atoms with Gasteiger partial charge in [0.15, 0.2) is 0 Å². The first-order valence-electron chi connectivity index (χ1n) is 8.53. The van der Waals surface area contributed by atoms with Crippen LogP contribution in [0, 0.1) is 5.92 Å². The number of ether oxygens (including phenoxy) is 1. The maximum atomic E-state index is 12.4. The van der Waals surface area contributed by atoms with Gasteiger partial charge in [0.25, 0.3) is 0 Å². The van der Waals surface area contributed by atoms with Crippen molar-refractivity contribution in [2.24, 2.45) is 5.92 Å². The second-order valence-electron chi connectivity index (χ2n) is 7.44. The Morgan fingerprint density at radius 3 is 2.58 bits per heavy atom. The van der Waals surface area contributed by atoms with Crippen LogP contribution in [0.25, 0.3) is 0 Å². The van der Waals surface area contributed by atoms with E-state index in [0.717, 1.165) is 12.8 Å². The number of hydrogen-bond donors (Lipinski definition) is 1. The molecule has 24 heavy (non-hydrogen) atoms. The minimum Gasteiger partial charge on any atom is -0.444 e. The van der Waals surface area contributed by atoms with Crippen LogP contribution in [0.3, 0.4) is 0 Å². The summed E-state index contributed by atoms with van der Waals surface area (Å²) in [6.07, 6.45) is 1.93. The van der Waals surface area contributed by atoms with Crippen LogP contribution in [0.15, 0.2) is 30.3 Å². The molecule has 1 heterocycles. The monoisotopic (exact) mass is 332 g/mol. The van der Waals surface area contributed by atoms with Gasteiger partial charge >= 0.3 is 6.09 Å². The number of benzene rings is 1. The number of carbonyl (C=O) groups excluding carboxylic acids is 2. The molecule has 0 aliphatic carbocycles. The molecule has 0 saturated carbocycles. The number of nitrogens with one attached hydrogen (secondary N) is 1. The number of carbonyl (C=O) groups is 2. The van der Waals surface area contributed by atoms with Crippen LogP contribution in [-0.4, -0.2) is 42.1 Å². The van der Waals surface area contributed by atoms with Gasteiger partial charge in [0.05, 0.1) is 0 Å². The Morgan fingerprint density at radius 1 is 1.29 bits per heavy atom. The van der Waals surface area contributed by atoms with E-state index in [1.54, 1.807) is 0 Å². The summed E-state index contributed by atoms with van der Waals surface area (Å²) in [5.41, 5.74) is 0.739. The lowest BCUT2D eigenvalue weighted by atomic mass is 9.97. The molecule has 1 aliphatic rings. The quantitative estimate of drug-likeness (QED) is 0.902. The summed E-state index contributed by atoms with van der Waals surface area (Å²) in [5, 5.41) is 2.73. The second kappa shape index (κ2) is 7.69. The molecule has 1 N–H and O–H groups in total. The number of rotatable bonds is 5. The van der Waals surface area contributed by atoms with E-state index in [1.807, 2.05) is 50.9 Å². The fourth-order valence-corrected chi connectivity index (χ4v) is 3.07. The zero-order chi connectivity index (χ0) is 17.7. The predicted molar refractivity (Wildman–Crippen MR) is 93.7 cm³/mol. The lowest BCUT2D eigenvalue weighted by molar-refractivity contribution is -0.130. The van der Waals surface area contributed by atoms with Gasteiger partial charge in [0.1, 0.15) is 5.60 Å². The minimum absolute atomic E-state index is 0.0290. The standard InChI is InChI=1S/C19H28N2O3/c1-19(2,3)24-18(23)20-11-10-15-13-16(21(4)17(15)22)12-14-8-6-5-7-9-14/h5-9,15-16H,10-13H2,1-4H3,(H,20,23)/t15?,16-/m0/s1. The third-order valence-electron chi connectivity index (χ3n) is 4.28. The van der Waals surface area contributed by atoms with E-state index in [4.69, 9.17) is 4.74 Å². The molecule has 1 aromatic rings. The summed E-state index contributed by atoms with van der Waals surface area (Å²) in [6, 6.07) is 10.5. The zero-order valence-corrected chi connectivity index (χ0v) is 15.0. The Labute approximate surface area is 144 Å². The molecule has 1 unspecified atom stereocenters. The van der Waals surface area contributed by atoms with Crippen molar-refractivity contribution in [3.8, 4) is 0 Å². The van der Waals surface area contributed by atoms with E-state index in [1.165, 1.54) is 5.56 Å². The van der Waals surface area contributed by atoms with Crippen molar-refractivity contribution in [2.45, 2.75) is 51.7 Å². The van der Waals surface area contributed by atoms with Crippen LogP contribution < -0.4 is 5.32 Å². The molecular weight excluding hydrogens is 304 g/mol. The maximum absolute atomic E-state index is 12.4. The van der Waals surface area contributed by atoms with Crippen LogP contribution in [0.1, 0.15) is 39.2 Å². The Kier molecular flexibility index (Phi) is 5.86. The van der Waals surface area contributed by atoms with E-state index < -0.39 is 11.7 Å². The van der Waals surface area contributed by atoms with Gasteiger partial charge in [-0.05, 0) is 45.6 Å². The molecule has 5 nitrogen and oxygen atoms in total. The molecule has 1 aliphatic heterocycles. The molecule has 132 valence electrons. The van der Waals surface area contributed by atoms with Gasteiger partial charge in [-0.2, -0.15) is 0 Å². The number of likely N-dealkylation sites (N-methyl/N-ethyl adjacent to an activating group) is 1. The molecule has 1 saturated heterocycles. The van der Waals surface area contributed by atoms with Gasteiger partial charge in [0, 0.05) is 25.6 Å². The third kappa shape index (κ3) is 5.25. The van der Waals surface area contributed by atoms with Crippen molar-refractivity contribution in [3.05, 3.63) is 35.9 Å². The smallest absolute Gasteiger partial charge is 0.407 e. The Balaban J connectivity index is 1.80. The first-order chi connectivity index (χ1) is 11.3. The highest BCUT2D eigenvalue weighted by atomic mass is 16.6. The average Bonchev–Trinajstić information content (AvgIpc) is 2.75. The second-order valence-corrected chi connectivity index (χ2v) is 7.44. The van der Waals surface area contributed by atoms with Crippen molar-refractivity contribution in [2.75, 3.05) is 13.6 Å². The number of hydrogen-bond acceptors (Lipinski definition) is 3. The molecule has 2 atom stereocenters. The fourth-order valence-electron chi connectivity index (χ4n) is 3.07. The number of alkyl carbamates (subject to hydrolysis) is 1. The van der Waals surface area contributed by atoms with Gasteiger partial charge < -0.3 is 15.0 Å². The van der Waals surface area contributed by atoms with E-state index in [0.29, 0.717) is 13.0 Å². The van der Waals surface area contributed by atoms with E-state index in [2.05, 4.69) is 17.4 Å². The van der Waals surface area contributed by atoms with Crippen LogP contribution in [0.5, 0.6) is 0 Å². The lowest BCUT2D eigenvalue weighted by Crippen LogP contribution is -2.34. The van der Waals surface area contributed by atoms with E-state index in [-0.39, 0.29) is 17.9 Å². The molecule has 5 heteroatoms. The molecule has 1 fully saturated rings. The summed E-state index contributed by atoms with van der Waals surface area (Å²) in [4.78, 5) is 25.9. The SMILES string of the molecule is CN1C(=O)C(CCNC(=O)OC(C)(C)C)C[C@@H]1Cc1ccccc1. The largest absolute Gasteiger partial charge is 0.444 e. The lowest BCUT2D eigenvalue weighted by Gasteiger charge is -2.20. The third-order valence-corrected chi connectivity index (χ3v) is 4.28. The van der Waals surface area contributed by atoms with Crippen LogP contribution in [-0.2, 0) is 16.0 Å². The Morgan fingerprint density at radius 2 is 1.96 bits per heavy atom. The minimum atomic E-state index is -0.506. The van der Waals surface area contributed by atoms with Crippen LogP contribution in [0.2, 0.25) is 0 Å².